The first kappa shape index (κ1) is 22.2. The number of carbonyl (C=O) groups excluding carboxylic acids is 1. The van der Waals surface area contributed by atoms with E-state index in [0.717, 1.165) is 6.42 Å². The minimum atomic E-state index is -3.93. The van der Waals surface area contributed by atoms with Crippen molar-refractivity contribution in [1.82, 2.24) is 14.8 Å². The van der Waals surface area contributed by atoms with Crippen LogP contribution in [0.1, 0.15) is 43.2 Å². The second kappa shape index (κ2) is 9.53. The minimum absolute atomic E-state index is 0.0355. The number of benzene rings is 1. The lowest BCUT2D eigenvalue weighted by molar-refractivity contribution is -0.126. The van der Waals surface area contributed by atoms with E-state index in [1.165, 1.54) is 22.5 Å². The quantitative estimate of drug-likeness (QED) is 0.721. The lowest BCUT2D eigenvalue weighted by atomic mass is 9.99. The highest BCUT2D eigenvalue weighted by molar-refractivity contribution is 7.89. The van der Waals surface area contributed by atoms with E-state index < -0.39 is 21.8 Å². The first-order valence-electron chi connectivity index (χ1n) is 10.0. The molecule has 2 heterocycles. The molecule has 1 aliphatic heterocycles. The molecule has 30 heavy (non-hydrogen) atoms. The highest BCUT2D eigenvalue weighted by Gasteiger charge is 2.36. The monoisotopic (exact) mass is 435 g/mol. The fourth-order valence-corrected chi connectivity index (χ4v) is 5.24. The summed E-state index contributed by atoms with van der Waals surface area (Å²) in [5, 5.41) is 6.64. The largest absolute Gasteiger partial charge is 0.356 e. The Morgan fingerprint density at radius 2 is 2.13 bits per heavy atom. The summed E-state index contributed by atoms with van der Waals surface area (Å²) in [5.41, 5.74) is 0.529. The number of aromatic nitrogens is 1. The Labute approximate surface area is 176 Å². The van der Waals surface area contributed by atoms with E-state index in [2.05, 4.69) is 10.5 Å². The number of nitrogens with one attached hydrogen (secondary N) is 1. The van der Waals surface area contributed by atoms with Crippen LogP contribution in [0.25, 0.3) is 12.2 Å². The van der Waals surface area contributed by atoms with Crippen LogP contribution in [-0.2, 0) is 14.8 Å². The van der Waals surface area contributed by atoms with Gasteiger partial charge in [-0.2, -0.15) is 4.31 Å². The molecule has 1 fully saturated rings. The molecule has 0 bridgehead atoms. The van der Waals surface area contributed by atoms with Crippen molar-refractivity contribution in [2.45, 2.75) is 38.0 Å². The number of hydrogen-bond donors (Lipinski definition) is 1. The van der Waals surface area contributed by atoms with Gasteiger partial charge in [-0.15, -0.1) is 0 Å². The number of amides is 1. The number of carbonyl (C=O) groups is 1. The summed E-state index contributed by atoms with van der Waals surface area (Å²) < 4.78 is 47.1. The minimum Gasteiger partial charge on any atom is -0.356 e. The Bertz CT molecular complexity index is 1030. The van der Waals surface area contributed by atoms with Gasteiger partial charge in [-0.1, -0.05) is 30.3 Å². The maximum absolute atomic E-state index is 13.9. The van der Waals surface area contributed by atoms with Crippen molar-refractivity contribution in [3.8, 4) is 0 Å². The number of nitrogens with zero attached hydrogens (tertiary/aromatic N) is 2. The lowest BCUT2D eigenvalue weighted by Gasteiger charge is -2.31. The molecule has 3 rings (SSSR count). The molecule has 9 heteroatoms. The van der Waals surface area contributed by atoms with Gasteiger partial charge in [0.15, 0.2) is 10.7 Å². The van der Waals surface area contributed by atoms with Crippen molar-refractivity contribution in [2.75, 3.05) is 19.6 Å². The van der Waals surface area contributed by atoms with Crippen LogP contribution in [0.4, 0.5) is 4.39 Å². The van der Waals surface area contributed by atoms with Crippen LogP contribution in [0.3, 0.4) is 0 Å². The van der Waals surface area contributed by atoms with Crippen LogP contribution in [0.2, 0.25) is 0 Å². The van der Waals surface area contributed by atoms with Crippen LogP contribution in [0.5, 0.6) is 0 Å². The molecule has 7 nitrogen and oxygen atoms in total. The van der Waals surface area contributed by atoms with Gasteiger partial charge in [0.2, 0.25) is 15.9 Å². The van der Waals surface area contributed by atoms with Gasteiger partial charge in [0.05, 0.1) is 5.92 Å². The molecule has 0 saturated carbocycles. The number of halogens is 1. The van der Waals surface area contributed by atoms with Gasteiger partial charge >= 0.3 is 0 Å². The predicted octanol–water partition coefficient (Wildman–Crippen LogP) is 3.22. The van der Waals surface area contributed by atoms with E-state index in [9.17, 15) is 17.6 Å². The third-order valence-corrected chi connectivity index (χ3v) is 7.08. The van der Waals surface area contributed by atoms with E-state index >= 15 is 0 Å². The summed E-state index contributed by atoms with van der Waals surface area (Å²) in [7, 11) is -3.93. The van der Waals surface area contributed by atoms with Crippen LogP contribution in [0.15, 0.2) is 33.7 Å². The maximum atomic E-state index is 13.9. The summed E-state index contributed by atoms with van der Waals surface area (Å²) in [5.74, 6) is -0.907. The molecule has 1 aromatic carbocycles. The van der Waals surface area contributed by atoms with Crippen LogP contribution in [0, 0.1) is 18.7 Å². The van der Waals surface area contributed by atoms with Gasteiger partial charge in [0, 0.05) is 25.2 Å². The molecule has 1 N–H and O–H groups in total. The van der Waals surface area contributed by atoms with Crippen molar-refractivity contribution in [2.24, 2.45) is 5.92 Å². The van der Waals surface area contributed by atoms with E-state index in [0.29, 0.717) is 31.5 Å². The SMILES string of the molecule is CCCNC(=O)[C@H]1CCCN(S(=O)(=O)c2c(C)noc2/C=C/c2ccccc2F)C1. The third-order valence-electron chi connectivity index (χ3n) is 5.05. The number of aryl methyl sites for hydroxylation is 1. The Balaban J connectivity index is 1.85. The summed E-state index contributed by atoms with van der Waals surface area (Å²) in [4.78, 5) is 12.3. The van der Waals surface area contributed by atoms with Crippen LogP contribution >= 0.6 is 0 Å². The molecule has 0 aliphatic carbocycles. The zero-order chi connectivity index (χ0) is 21.7. The van der Waals surface area contributed by atoms with E-state index in [1.807, 2.05) is 6.92 Å². The van der Waals surface area contributed by atoms with Gasteiger partial charge in [0.1, 0.15) is 11.5 Å². The average Bonchev–Trinajstić information content (AvgIpc) is 3.12. The van der Waals surface area contributed by atoms with Crippen molar-refractivity contribution < 1.29 is 22.1 Å². The van der Waals surface area contributed by atoms with Crippen molar-refractivity contribution in [3.63, 3.8) is 0 Å². The smallest absolute Gasteiger partial charge is 0.248 e. The Kier molecular flexibility index (Phi) is 7.04. The number of sulfonamides is 1. The standard InChI is InChI=1S/C21H26FN3O4S/c1-3-12-23-21(26)17-8-6-13-25(14-17)30(27,28)20-15(2)24-29-19(20)11-10-16-7-4-5-9-18(16)22/h4-5,7,9-11,17H,3,6,8,12-14H2,1-2H3,(H,23,26)/b11-10+/t17-/m0/s1. The zero-order valence-corrected chi connectivity index (χ0v) is 17.9. The predicted molar refractivity (Wildman–Crippen MR) is 111 cm³/mol. The molecule has 1 atom stereocenters. The summed E-state index contributed by atoms with van der Waals surface area (Å²) in [6.45, 7) is 4.51. The number of rotatable bonds is 7. The molecule has 0 spiro atoms. The van der Waals surface area contributed by atoms with E-state index in [1.54, 1.807) is 25.1 Å². The fourth-order valence-electron chi connectivity index (χ4n) is 3.47. The van der Waals surface area contributed by atoms with Crippen molar-refractivity contribution in [3.05, 3.63) is 47.1 Å². The highest BCUT2D eigenvalue weighted by atomic mass is 32.2. The molecule has 1 aromatic heterocycles. The summed E-state index contributed by atoms with van der Waals surface area (Å²) >= 11 is 0. The Morgan fingerprint density at radius 3 is 2.87 bits per heavy atom. The zero-order valence-electron chi connectivity index (χ0n) is 17.1. The van der Waals surface area contributed by atoms with Gasteiger partial charge in [-0.3, -0.25) is 4.79 Å². The number of piperidine rings is 1. The molecule has 0 radical (unpaired) electrons. The number of hydrogen-bond acceptors (Lipinski definition) is 5. The second-order valence-corrected chi connectivity index (χ2v) is 9.18. The van der Waals surface area contributed by atoms with Gasteiger partial charge in [-0.05, 0) is 44.4 Å². The Hall–Kier alpha value is -2.52. The molecule has 162 valence electrons. The van der Waals surface area contributed by atoms with Gasteiger partial charge < -0.3 is 9.84 Å². The van der Waals surface area contributed by atoms with Crippen molar-refractivity contribution >= 4 is 28.1 Å². The van der Waals surface area contributed by atoms with Crippen LogP contribution in [-0.4, -0.2) is 43.4 Å². The van der Waals surface area contributed by atoms with E-state index in [4.69, 9.17) is 4.52 Å². The highest BCUT2D eigenvalue weighted by Crippen LogP contribution is 2.29. The molecule has 1 saturated heterocycles. The topological polar surface area (TPSA) is 92.5 Å². The molecular weight excluding hydrogens is 409 g/mol. The first-order chi connectivity index (χ1) is 14.3. The normalized spacial score (nSPS) is 18.0. The third kappa shape index (κ3) is 4.79. The molecule has 1 aliphatic rings. The molecule has 2 aromatic rings. The molecule has 0 unspecified atom stereocenters. The lowest BCUT2D eigenvalue weighted by Crippen LogP contribution is -2.45. The maximum Gasteiger partial charge on any atom is 0.248 e. The molecule has 1 amide bonds. The summed E-state index contributed by atoms with van der Waals surface area (Å²) in [6.07, 6.45) is 4.91. The van der Waals surface area contributed by atoms with Gasteiger partial charge in [0.25, 0.3) is 0 Å². The van der Waals surface area contributed by atoms with Gasteiger partial charge in [-0.25, -0.2) is 12.8 Å². The van der Waals surface area contributed by atoms with E-state index in [-0.39, 0.29) is 28.8 Å². The molecular formula is C21H26FN3O4S. The second-order valence-electron chi connectivity index (χ2n) is 7.31. The fraction of sp³-hybridized carbons (Fsp3) is 0.429. The summed E-state index contributed by atoms with van der Waals surface area (Å²) in [6, 6.07) is 6.15. The average molecular weight is 436 g/mol. The first-order valence-corrected chi connectivity index (χ1v) is 11.4. The van der Waals surface area contributed by atoms with Crippen molar-refractivity contribution in [1.29, 1.82) is 0 Å². The van der Waals surface area contributed by atoms with Crippen LogP contribution < -0.4 is 5.32 Å². The Morgan fingerprint density at radius 1 is 1.37 bits per heavy atom.